The van der Waals surface area contributed by atoms with E-state index in [2.05, 4.69) is 43.9 Å². The lowest BCUT2D eigenvalue weighted by Crippen LogP contribution is -2.76. The number of hydrogen-bond acceptors (Lipinski definition) is 4. The number of rotatable bonds is 1. The van der Waals surface area contributed by atoms with Gasteiger partial charge >= 0.3 is 0 Å². The molecule has 4 saturated heterocycles. The van der Waals surface area contributed by atoms with Crippen molar-refractivity contribution in [1.82, 2.24) is 19.6 Å². The number of nitrogens with zero attached hydrogens (tertiary/aromatic N) is 4. The van der Waals surface area contributed by atoms with Gasteiger partial charge in [-0.15, -0.1) is 0 Å². The van der Waals surface area contributed by atoms with Crippen molar-refractivity contribution in [1.29, 1.82) is 0 Å². The third-order valence-electron chi connectivity index (χ3n) is 5.45. The van der Waals surface area contributed by atoms with E-state index in [1.807, 2.05) is 0 Å². The largest absolute Gasteiger partial charge is 0.264 e. The minimum atomic E-state index is 0.629. The second-order valence-electron chi connectivity index (χ2n) is 6.84. The Morgan fingerprint density at radius 1 is 0.850 bits per heavy atom. The molecular weight excluding hydrogens is 248 g/mol. The molecule has 4 bridgehead atoms. The minimum Gasteiger partial charge on any atom is -0.264 e. The molecule has 106 valence electrons. The van der Waals surface area contributed by atoms with E-state index < -0.39 is 0 Å². The molecule has 4 heteroatoms. The Bertz CT molecular complexity index is 501. The van der Waals surface area contributed by atoms with Crippen molar-refractivity contribution < 1.29 is 0 Å². The van der Waals surface area contributed by atoms with Gasteiger partial charge in [0, 0.05) is 5.92 Å². The summed E-state index contributed by atoms with van der Waals surface area (Å²) in [6.45, 7) is 5.82. The van der Waals surface area contributed by atoms with E-state index in [0.29, 0.717) is 12.1 Å². The summed E-state index contributed by atoms with van der Waals surface area (Å²) >= 11 is 0. The highest BCUT2D eigenvalue weighted by atomic mass is 15.7. The van der Waals surface area contributed by atoms with E-state index in [1.54, 1.807) is 11.1 Å². The van der Waals surface area contributed by atoms with Crippen molar-refractivity contribution in [2.24, 2.45) is 0 Å². The fourth-order valence-corrected chi connectivity index (χ4v) is 4.84. The Morgan fingerprint density at radius 3 is 2.30 bits per heavy atom. The highest BCUT2D eigenvalue weighted by Crippen LogP contribution is 2.41. The molecule has 0 amide bonds. The molecule has 1 aromatic rings. The number of fused-ring (bicyclic) bond motifs is 1. The molecule has 4 aliphatic heterocycles. The van der Waals surface area contributed by atoms with Gasteiger partial charge in [0.15, 0.2) is 0 Å². The van der Waals surface area contributed by atoms with Crippen LogP contribution >= 0.6 is 0 Å². The third-order valence-corrected chi connectivity index (χ3v) is 5.45. The summed E-state index contributed by atoms with van der Waals surface area (Å²) in [5.41, 5.74) is 3.22. The maximum atomic E-state index is 2.68. The number of benzene rings is 1. The topological polar surface area (TPSA) is 13.0 Å². The fraction of sp³-hybridized carbons (Fsp3) is 0.625. The molecule has 0 spiro atoms. The highest BCUT2D eigenvalue weighted by molar-refractivity contribution is 5.34. The van der Waals surface area contributed by atoms with Gasteiger partial charge in [-0.25, -0.2) is 0 Å². The molecule has 1 aliphatic carbocycles. The predicted octanol–water partition coefficient (Wildman–Crippen LogP) is 1.47. The van der Waals surface area contributed by atoms with Gasteiger partial charge in [0.25, 0.3) is 0 Å². The monoisotopic (exact) mass is 270 g/mol. The Balaban J connectivity index is 1.52. The molecule has 0 N–H and O–H groups in total. The SMILES string of the molecule is c1ccc2c(c1)CCCC2C1N2CN3CN(C2)CN1C3. The maximum Gasteiger partial charge on any atom is 0.0736 e. The van der Waals surface area contributed by atoms with Crippen LogP contribution in [0.3, 0.4) is 0 Å². The standard InChI is InChI=1S/C16H22N4/c1-2-6-14-13(4-1)5-3-7-15(14)16-19-9-17-8-18(11-19)12-20(16)10-17/h1-2,4,6,15-16H,3,5,7-12H2. The van der Waals surface area contributed by atoms with Gasteiger partial charge in [-0.3, -0.25) is 19.6 Å². The average Bonchev–Trinajstić information content (AvgIpc) is 2.46. The fourth-order valence-electron chi connectivity index (χ4n) is 4.84. The van der Waals surface area contributed by atoms with Gasteiger partial charge in [0.1, 0.15) is 0 Å². The van der Waals surface area contributed by atoms with Crippen molar-refractivity contribution >= 4 is 0 Å². The van der Waals surface area contributed by atoms with E-state index in [9.17, 15) is 0 Å². The second kappa shape index (κ2) is 4.28. The number of hydrogen-bond donors (Lipinski definition) is 0. The molecule has 0 saturated carbocycles. The van der Waals surface area contributed by atoms with Crippen LogP contribution in [-0.2, 0) is 6.42 Å². The van der Waals surface area contributed by atoms with Crippen LogP contribution in [0, 0.1) is 0 Å². The highest BCUT2D eigenvalue weighted by Gasteiger charge is 2.47. The Kier molecular flexibility index (Phi) is 2.50. The maximum absolute atomic E-state index is 2.68. The summed E-state index contributed by atoms with van der Waals surface area (Å²) in [6.07, 6.45) is 4.61. The lowest BCUT2D eigenvalue weighted by molar-refractivity contribution is -0.237. The first kappa shape index (κ1) is 11.7. The number of aryl methyl sites for hydroxylation is 1. The van der Waals surface area contributed by atoms with Gasteiger partial charge in [-0.2, -0.15) is 0 Å². The average molecular weight is 270 g/mol. The second-order valence-corrected chi connectivity index (χ2v) is 6.84. The van der Waals surface area contributed by atoms with E-state index in [1.165, 1.54) is 25.9 Å². The molecule has 1 unspecified atom stereocenters. The molecule has 4 fully saturated rings. The van der Waals surface area contributed by atoms with Crippen molar-refractivity contribution in [2.75, 3.05) is 33.3 Å². The normalized spacial score (nSPS) is 45.4. The van der Waals surface area contributed by atoms with Crippen LogP contribution in [0.25, 0.3) is 0 Å². The van der Waals surface area contributed by atoms with Crippen molar-refractivity contribution in [3.63, 3.8) is 0 Å². The van der Waals surface area contributed by atoms with E-state index in [-0.39, 0.29) is 0 Å². The lowest BCUT2D eigenvalue weighted by atomic mass is 9.80. The van der Waals surface area contributed by atoms with Crippen LogP contribution in [0.5, 0.6) is 0 Å². The molecule has 4 heterocycles. The van der Waals surface area contributed by atoms with Crippen LogP contribution in [0.15, 0.2) is 24.3 Å². The molecule has 0 radical (unpaired) electrons. The Labute approximate surface area is 120 Å². The van der Waals surface area contributed by atoms with Crippen LogP contribution in [0.4, 0.5) is 0 Å². The first-order chi connectivity index (χ1) is 9.88. The lowest BCUT2D eigenvalue weighted by Gasteiger charge is -2.62. The van der Waals surface area contributed by atoms with Gasteiger partial charge in [-0.05, 0) is 30.4 Å². The molecule has 4 nitrogen and oxygen atoms in total. The Morgan fingerprint density at radius 2 is 1.55 bits per heavy atom. The molecule has 20 heavy (non-hydrogen) atoms. The van der Waals surface area contributed by atoms with Crippen LogP contribution in [-0.4, -0.2) is 59.1 Å². The summed E-state index contributed by atoms with van der Waals surface area (Å²) in [7, 11) is 0. The van der Waals surface area contributed by atoms with Crippen LogP contribution in [0.2, 0.25) is 0 Å². The van der Waals surface area contributed by atoms with Crippen molar-refractivity contribution in [3.8, 4) is 0 Å². The summed E-state index contributed by atoms with van der Waals surface area (Å²) in [6, 6.07) is 9.16. The molecule has 0 aromatic heterocycles. The summed E-state index contributed by atoms with van der Waals surface area (Å²) in [4.78, 5) is 10.5. The van der Waals surface area contributed by atoms with E-state index >= 15 is 0 Å². The Hall–Kier alpha value is -0.940. The summed E-state index contributed by atoms with van der Waals surface area (Å²) in [5.74, 6) is 0.711. The predicted molar refractivity (Wildman–Crippen MR) is 77.6 cm³/mol. The van der Waals surface area contributed by atoms with Crippen LogP contribution in [0.1, 0.15) is 29.9 Å². The van der Waals surface area contributed by atoms with Gasteiger partial charge in [0.2, 0.25) is 0 Å². The zero-order valence-electron chi connectivity index (χ0n) is 11.9. The molecular formula is C16H22N4. The van der Waals surface area contributed by atoms with E-state index in [4.69, 9.17) is 0 Å². The zero-order valence-corrected chi connectivity index (χ0v) is 11.9. The van der Waals surface area contributed by atoms with Gasteiger partial charge in [0.05, 0.1) is 39.5 Å². The smallest absolute Gasteiger partial charge is 0.0736 e. The molecule has 1 aromatic carbocycles. The third kappa shape index (κ3) is 1.62. The van der Waals surface area contributed by atoms with Crippen molar-refractivity contribution in [2.45, 2.75) is 31.3 Å². The molecule has 5 aliphatic rings. The van der Waals surface area contributed by atoms with Gasteiger partial charge in [-0.1, -0.05) is 24.3 Å². The van der Waals surface area contributed by atoms with Crippen molar-refractivity contribution in [3.05, 3.63) is 35.4 Å². The minimum absolute atomic E-state index is 0.629. The summed E-state index contributed by atoms with van der Waals surface area (Å²) < 4.78 is 0. The summed E-state index contributed by atoms with van der Waals surface area (Å²) in [5, 5.41) is 0. The first-order valence-corrected chi connectivity index (χ1v) is 7.89. The first-order valence-electron chi connectivity index (χ1n) is 7.89. The zero-order chi connectivity index (χ0) is 13.1. The van der Waals surface area contributed by atoms with E-state index in [0.717, 1.165) is 26.7 Å². The van der Waals surface area contributed by atoms with Crippen LogP contribution < -0.4 is 0 Å². The molecule has 1 atom stereocenters. The van der Waals surface area contributed by atoms with Gasteiger partial charge < -0.3 is 0 Å². The quantitative estimate of drug-likeness (QED) is 0.766. The molecule has 6 rings (SSSR count).